The second-order valence-electron chi connectivity index (χ2n) is 6.03. The number of ether oxygens (including phenoxy) is 2. The van der Waals surface area contributed by atoms with Gasteiger partial charge in [-0.05, 0) is 41.7 Å². The van der Waals surface area contributed by atoms with E-state index >= 15 is 0 Å². The summed E-state index contributed by atoms with van der Waals surface area (Å²) in [5, 5.41) is 0. The molecule has 0 aliphatic carbocycles. The predicted octanol–water partition coefficient (Wildman–Crippen LogP) is 3.00. The summed E-state index contributed by atoms with van der Waals surface area (Å²) in [6.45, 7) is 0.750. The van der Waals surface area contributed by atoms with Crippen LogP contribution in [0.25, 0.3) is 0 Å². The molecule has 0 fully saturated rings. The Labute approximate surface area is 135 Å². The van der Waals surface area contributed by atoms with E-state index in [1.165, 1.54) is 11.1 Å². The Hall–Kier alpha value is -2.49. The van der Waals surface area contributed by atoms with Crippen molar-refractivity contribution in [1.82, 2.24) is 4.90 Å². The molecule has 4 rings (SSSR count). The maximum atomic E-state index is 12.8. The van der Waals surface area contributed by atoms with Crippen LogP contribution in [0, 0.1) is 0 Å². The fourth-order valence-electron chi connectivity index (χ4n) is 3.75. The maximum Gasteiger partial charge on any atom is 0.254 e. The van der Waals surface area contributed by atoms with E-state index in [2.05, 4.69) is 24.3 Å². The van der Waals surface area contributed by atoms with Crippen molar-refractivity contribution in [3.8, 4) is 11.5 Å². The van der Waals surface area contributed by atoms with Crippen LogP contribution in [-0.4, -0.2) is 31.6 Å². The van der Waals surface area contributed by atoms with E-state index in [0.29, 0.717) is 11.5 Å². The molecule has 2 aromatic carbocycles. The monoisotopic (exact) mass is 309 g/mol. The molecule has 1 atom stereocenters. The van der Waals surface area contributed by atoms with Crippen LogP contribution < -0.4 is 9.47 Å². The highest BCUT2D eigenvalue weighted by Crippen LogP contribution is 2.43. The summed E-state index contributed by atoms with van der Waals surface area (Å²) in [5.41, 5.74) is 4.46. The zero-order valence-electron chi connectivity index (χ0n) is 13.3. The van der Waals surface area contributed by atoms with Crippen molar-refractivity contribution in [2.75, 3.05) is 20.8 Å². The zero-order valence-corrected chi connectivity index (χ0v) is 13.3. The van der Waals surface area contributed by atoms with E-state index in [1.807, 2.05) is 17.0 Å². The van der Waals surface area contributed by atoms with Gasteiger partial charge in [0.2, 0.25) is 0 Å². The molecule has 0 bridgehead atoms. The highest BCUT2D eigenvalue weighted by atomic mass is 16.5. The maximum absolute atomic E-state index is 12.8. The fourth-order valence-corrected chi connectivity index (χ4v) is 3.75. The van der Waals surface area contributed by atoms with E-state index in [1.54, 1.807) is 14.2 Å². The lowest BCUT2D eigenvalue weighted by Gasteiger charge is -2.22. The molecule has 0 spiro atoms. The molecule has 2 aliphatic heterocycles. The van der Waals surface area contributed by atoms with E-state index in [4.69, 9.17) is 9.47 Å². The number of methoxy groups -OCH3 is 2. The van der Waals surface area contributed by atoms with Crippen molar-refractivity contribution in [3.63, 3.8) is 0 Å². The highest BCUT2D eigenvalue weighted by Gasteiger charge is 2.39. The molecular weight excluding hydrogens is 290 g/mol. The van der Waals surface area contributed by atoms with Crippen molar-refractivity contribution in [2.24, 2.45) is 0 Å². The van der Waals surface area contributed by atoms with Gasteiger partial charge in [0.05, 0.1) is 20.3 Å². The number of hydrogen-bond donors (Lipinski definition) is 0. The summed E-state index contributed by atoms with van der Waals surface area (Å²) in [4.78, 5) is 14.8. The Morgan fingerprint density at radius 3 is 2.48 bits per heavy atom. The third kappa shape index (κ3) is 2.09. The molecule has 0 N–H and O–H groups in total. The van der Waals surface area contributed by atoms with Gasteiger partial charge >= 0.3 is 0 Å². The van der Waals surface area contributed by atoms with E-state index in [9.17, 15) is 4.79 Å². The van der Waals surface area contributed by atoms with Crippen LogP contribution >= 0.6 is 0 Å². The first-order valence-electron chi connectivity index (χ1n) is 7.86. The first-order valence-corrected chi connectivity index (χ1v) is 7.86. The summed E-state index contributed by atoms with van der Waals surface area (Å²) in [6.07, 6.45) is 1.76. The summed E-state index contributed by atoms with van der Waals surface area (Å²) in [7, 11) is 3.22. The lowest BCUT2D eigenvalue weighted by Crippen LogP contribution is -2.29. The topological polar surface area (TPSA) is 38.8 Å². The van der Waals surface area contributed by atoms with Gasteiger partial charge in [-0.2, -0.15) is 0 Å². The number of hydrogen-bond acceptors (Lipinski definition) is 3. The molecule has 4 nitrogen and oxygen atoms in total. The Morgan fingerprint density at radius 1 is 1.04 bits per heavy atom. The Morgan fingerprint density at radius 2 is 1.74 bits per heavy atom. The average molecular weight is 309 g/mol. The quantitative estimate of drug-likeness (QED) is 0.856. The lowest BCUT2D eigenvalue weighted by atomic mass is 9.95. The molecule has 0 aromatic heterocycles. The van der Waals surface area contributed by atoms with Gasteiger partial charge in [0, 0.05) is 12.1 Å². The SMILES string of the molecule is COc1cc2c(cc1OC)C1Cc3ccccc3CCN1C2=O. The van der Waals surface area contributed by atoms with Crippen molar-refractivity contribution in [3.05, 3.63) is 58.7 Å². The third-order valence-electron chi connectivity index (χ3n) is 4.94. The van der Waals surface area contributed by atoms with E-state index in [-0.39, 0.29) is 11.9 Å². The molecule has 0 saturated heterocycles. The molecule has 1 amide bonds. The van der Waals surface area contributed by atoms with Gasteiger partial charge in [0.1, 0.15) is 0 Å². The van der Waals surface area contributed by atoms with Crippen molar-refractivity contribution in [2.45, 2.75) is 18.9 Å². The molecule has 118 valence electrons. The molecule has 0 radical (unpaired) electrons. The van der Waals surface area contributed by atoms with Crippen LogP contribution in [0.5, 0.6) is 11.5 Å². The predicted molar refractivity (Wildman–Crippen MR) is 87.2 cm³/mol. The Kier molecular flexibility index (Phi) is 3.26. The minimum absolute atomic E-state index is 0.0842. The second-order valence-corrected chi connectivity index (χ2v) is 6.03. The zero-order chi connectivity index (χ0) is 16.0. The molecule has 0 saturated carbocycles. The smallest absolute Gasteiger partial charge is 0.254 e. The molecule has 23 heavy (non-hydrogen) atoms. The number of amides is 1. The van der Waals surface area contributed by atoms with Gasteiger partial charge in [0.15, 0.2) is 11.5 Å². The van der Waals surface area contributed by atoms with Gasteiger partial charge in [-0.15, -0.1) is 0 Å². The molecular formula is C19H19NO3. The molecule has 2 heterocycles. The van der Waals surface area contributed by atoms with Crippen molar-refractivity contribution < 1.29 is 14.3 Å². The van der Waals surface area contributed by atoms with Gasteiger partial charge in [0.25, 0.3) is 5.91 Å². The van der Waals surface area contributed by atoms with Crippen LogP contribution in [0.3, 0.4) is 0 Å². The van der Waals surface area contributed by atoms with Crippen LogP contribution in [0.1, 0.15) is 33.1 Å². The van der Waals surface area contributed by atoms with Crippen LogP contribution in [0.15, 0.2) is 36.4 Å². The van der Waals surface area contributed by atoms with Gasteiger partial charge in [-0.1, -0.05) is 24.3 Å². The largest absolute Gasteiger partial charge is 0.493 e. The summed E-state index contributed by atoms with van der Waals surface area (Å²) >= 11 is 0. The van der Waals surface area contributed by atoms with Crippen molar-refractivity contribution in [1.29, 1.82) is 0 Å². The number of nitrogens with zero attached hydrogens (tertiary/aromatic N) is 1. The van der Waals surface area contributed by atoms with Gasteiger partial charge < -0.3 is 14.4 Å². The minimum Gasteiger partial charge on any atom is -0.493 e. The van der Waals surface area contributed by atoms with Crippen LogP contribution in [-0.2, 0) is 12.8 Å². The van der Waals surface area contributed by atoms with Crippen LogP contribution in [0.2, 0.25) is 0 Å². The van der Waals surface area contributed by atoms with Crippen molar-refractivity contribution >= 4 is 5.91 Å². The normalized spacial score (nSPS) is 18.8. The molecule has 1 unspecified atom stereocenters. The Balaban J connectivity index is 1.82. The van der Waals surface area contributed by atoms with Gasteiger partial charge in [-0.3, -0.25) is 4.79 Å². The first kappa shape index (κ1) is 14.1. The van der Waals surface area contributed by atoms with Gasteiger partial charge in [-0.25, -0.2) is 0 Å². The lowest BCUT2D eigenvalue weighted by molar-refractivity contribution is 0.0733. The molecule has 4 heteroatoms. The minimum atomic E-state index is 0.0842. The standard InChI is InChI=1S/C19H19NO3/c1-22-17-10-14-15(11-18(17)23-2)19(21)20-8-7-12-5-3-4-6-13(12)9-16(14)20/h3-6,10-11,16H,7-9H2,1-2H3. The fraction of sp³-hybridized carbons (Fsp3) is 0.316. The third-order valence-corrected chi connectivity index (χ3v) is 4.94. The number of carbonyl (C=O) groups excluding carboxylic acids is 1. The van der Waals surface area contributed by atoms with E-state index < -0.39 is 0 Å². The Bertz CT molecular complexity index is 784. The number of carbonyl (C=O) groups is 1. The second kappa shape index (κ2) is 5.30. The highest BCUT2D eigenvalue weighted by molar-refractivity contribution is 6.00. The van der Waals surface area contributed by atoms with E-state index in [0.717, 1.165) is 30.5 Å². The first-order chi connectivity index (χ1) is 11.2. The molecule has 2 aliphatic rings. The number of rotatable bonds is 2. The summed E-state index contributed by atoms with van der Waals surface area (Å²) in [5.74, 6) is 1.38. The number of fused-ring (bicyclic) bond motifs is 4. The summed E-state index contributed by atoms with van der Waals surface area (Å²) < 4.78 is 10.8. The van der Waals surface area contributed by atoms with Crippen LogP contribution in [0.4, 0.5) is 0 Å². The number of benzene rings is 2. The molecule has 2 aromatic rings. The average Bonchev–Trinajstić information content (AvgIpc) is 2.75. The summed E-state index contributed by atoms with van der Waals surface area (Å²) in [6, 6.07) is 12.3.